The molecule has 0 aromatic carbocycles. The molecule has 0 aliphatic carbocycles. The Balaban J connectivity index is 0. The number of aliphatic hydroxyl groups excluding tert-OH is 1. The Morgan fingerprint density at radius 1 is 1.25 bits per heavy atom. The summed E-state index contributed by atoms with van der Waals surface area (Å²) in [6.07, 6.45) is 0. The molecular formula is C5H14CoNO+. The van der Waals surface area contributed by atoms with E-state index >= 15 is 0 Å². The SMILES string of the molecule is C[N+](C)(C)CCO.[Co]. The van der Waals surface area contributed by atoms with E-state index in [4.69, 9.17) is 5.11 Å². The number of likely N-dealkylation sites (N-methyl/N-ethyl adjacent to an activating group) is 1. The molecule has 0 fully saturated rings. The average molecular weight is 163 g/mol. The molecule has 3 heteroatoms. The molecule has 0 bridgehead atoms. The molecule has 0 aromatic rings. The zero-order chi connectivity index (χ0) is 5.91. The molecular weight excluding hydrogens is 149 g/mol. The zero-order valence-corrected chi connectivity index (χ0v) is 6.68. The Morgan fingerprint density at radius 2 is 1.62 bits per heavy atom. The van der Waals surface area contributed by atoms with Crippen molar-refractivity contribution in [3.8, 4) is 0 Å². The third-order valence-electron chi connectivity index (χ3n) is 0.771. The third-order valence-corrected chi connectivity index (χ3v) is 0.771. The molecule has 1 radical (unpaired) electrons. The number of rotatable bonds is 2. The first-order valence-corrected chi connectivity index (χ1v) is 2.47. The Hall–Kier alpha value is 0.426. The maximum atomic E-state index is 8.39. The fraction of sp³-hybridized carbons (Fsp3) is 1.00. The van der Waals surface area contributed by atoms with Crippen LogP contribution in [0, 0.1) is 0 Å². The van der Waals surface area contributed by atoms with Gasteiger partial charge in [0.25, 0.3) is 0 Å². The minimum atomic E-state index is 0. The number of quaternary nitrogens is 1. The van der Waals surface area contributed by atoms with Gasteiger partial charge in [-0.25, -0.2) is 0 Å². The van der Waals surface area contributed by atoms with Crippen LogP contribution in [0.5, 0.6) is 0 Å². The predicted octanol–water partition coefficient (Wildman–Crippen LogP) is -0.318. The van der Waals surface area contributed by atoms with Crippen LogP contribution in [0.25, 0.3) is 0 Å². The fourth-order valence-corrected chi connectivity index (χ4v) is 0.300. The molecule has 0 amide bonds. The van der Waals surface area contributed by atoms with Crippen molar-refractivity contribution in [1.29, 1.82) is 0 Å². The summed E-state index contributed by atoms with van der Waals surface area (Å²) < 4.78 is 0.844. The van der Waals surface area contributed by atoms with Gasteiger partial charge in [0.1, 0.15) is 6.54 Å². The molecule has 0 saturated carbocycles. The summed E-state index contributed by atoms with van der Waals surface area (Å²) in [6.45, 7) is 1.11. The van der Waals surface area contributed by atoms with Crippen molar-refractivity contribution in [2.24, 2.45) is 0 Å². The van der Waals surface area contributed by atoms with Gasteiger partial charge in [-0.2, -0.15) is 0 Å². The topological polar surface area (TPSA) is 20.2 Å². The minimum Gasteiger partial charge on any atom is -0.391 e. The zero-order valence-electron chi connectivity index (χ0n) is 5.64. The summed E-state index contributed by atoms with van der Waals surface area (Å²) in [4.78, 5) is 0. The van der Waals surface area contributed by atoms with Crippen molar-refractivity contribution >= 4 is 0 Å². The quantitative estimate of drug-likeness (QED) is 0.553. The van der Waals surface area contributed by atoms with Crippen molar-refractivity contribution in [2.45, 2.75) is 0 Å². The number of hydrogen-bond acceptors (Lipinski definition) is 1. The Kier molecular flexibility index (Phi) is 6.08. The van der Waals surface area contributed by atoms with Crippen LogP contribution < -0.4 is 0 Å². The van der Waals surface area contributed by atoms with Crippen LogP contribution in [-0.4, -0.2) is 43.9 Å². The fourth-order valence-electron chi connectivity index (χ4n) is 0.300. The first kappa shape index (κ1) is 11.3. The first-order chi connectivity index (χ1) is 3.06. The van der Waals surface area contributed by atoms with Gasteiger partial charge in [0.2, 0.25) is 0 Å². The van der Waals surface area contributed by atoms with Gasteiger partial charge in [-0.3, -0.25) is 0 Å². The largest absolute Gasteiger partial charge is 0.391 e. The maximum Gasteiger partial charge on any atom is 0.101 e. The molecule has 0 atom stereocenters. The summed E-state index contributed by atoms with van der Waals surface area (Å²) in [5.41, 5.74) is 0. The molecule has 0 aliphatic rings. The normalized spacial score (nSPS) is 10.5. The Bertz CT molecular complexity index is 50.9. The van der Waals surface area contributed by atoms with Crippen LogP contribution in [0.1, 0.15) is 0 Å². The van der Waals surface area contributed by atoms with Crippen molar-refractivity contribution in [3.63, 3.8) is 0 Å². The van der Waals surface area contributed by atoms with Crippen LogP contribution >= 0.6 is 0 Å². The van der Waals surface area contributed by atoms with E-state index in [1.807, 2.05) is 0 Å². The number of nitrogens with zero attached hydrogens (tertiary/aromatic N) is 1. The van der Waals surface area contributed by atoms with Crippen LogP contribution in [0.3, 0.4) is 0 Å². The average Bonchev–Trinajstić information content (AvgIpc) is 1.30. The van der Waals surface area contributed by atoms with Gasteiger partial charge < -0.3 is 9.59 Å². The van der Waals surface area contributed by atoms with Gasteiger partial charge in [0.15, 0.2) is 0 Å². The van der Waals surface area contributed by atoms with E-state index in [0.717, 1.165) is 11.0 Å². The van der Waals surface area contributed by atoms with Crippen molar-refractivity contribution < 1.29 is 26.4 Å². The van der Waals surface area contributed by atoms with Crippen LogP contribution in [-0.2, 0) is 16.8 Å². The molecule has 1 N–H and O–H groups in total. The summed E-state index contributed by atoms with van der Waals surface area (Å²) in [6, 6.07) is 0. The molecule has 8 heavy (non-hydrogen) atoms. The van der Waals surface area contributed by atoms with Crippen LogP contribution in [0.2, 0.25) is 0 Å². The second-order valence-electron chi connectivity index (χ2n) is 2.74. The van der Waals surface area contributed by atoms with Crippen LogP contribution in [0.4, 0.5) is 0 Å². The van der Waals surface area contributed by atoms with Crippen molar-refractivity contribution in [1.82, 2.24) is 0 Å². The molecule has 0 rings (SSSR count). The third kappa shape index (κ3) is 9.66. The Labute approximate surface area is 61.3 Å². The number of aliphatic hydroxyl groups is 1. The molecule has 0 spiro atoms. The van der Waals surface area contributed by atoms with Gasteiger partial charge in [-0.1, -0.05) is 0 Å². The van der Waals surface area contributed by atoms with Crippen molar-refractivity contribution in [2.75, 3.05) is 34.3 Å². The molecule has 0 heterocycles. The summed E-state index contributed by atoms with van der Waals surface area (Å²) in [5.74, 6) is 0. The molecule has 0 aromatic heterocycles. The maximum absolute atomic E-state index is 8.39. The summed E-state index contributed by atoms with van der Waals surface area (Å²) in [7, 11) is 6.16. The van der Waals surface area contributed by atoms with Gasteiger partial charge >= 0.3 is 0 Å². The standard InChI is InChI=1S/C5H14NO.Co/c1-6(2,3)4-5-7;/h7H,4-5H2,1-3H3;/q+1;. The smallest absolute Gasteiger partial charge is 0.101 e. The van der Waals surface area contributed by atoms with E-state index in [1.54, 1.807) is 0 Å². The molecule has 0 unspecified atom stereocenters. The molecule has 0 aliphatic heterocycles. The minimum absolute atomic E-state index is 0. The summed E-state index contributed by atoms with van der Waals surface area (Å²) >= 11 is 0. The van der Waals surface area contributed by atoms with E-state index in [1.165, 1.54) is 0 Å². The molecule has 53 valence electrons. The first-order valence-electron chi connectivity index (χ1n) is 2.47. The summed E-state index contributed by atoms with van der Waals surface area (Å²) in [5, 5.41) is 8.39. The van der Waals surface area contributed by atoms with Gasteiger partial charge in [-0.15, -0.1) is 0 Å². The van der Waals surface area contributed by atoms with E-state index in [-0.39, 0.29) is 23.4 Å². The van der Waals surface area contributed by atoms with Gasteiger partial charge in [0.05, 0.1) is 27.7 Å². The van der Waals surface area contributed by atoms with E-state index in [2.05, 4.69) is 21.1 Å². The van der Waals surface area contributed by atoms with Crippen LogP contribution in [0.15, 0.2) is 0 Å². The van der Waals surface area contributed by atoms with E-state index in [0.29, 0.717) is 0 Å². The van der Waals surface area contributed by atoms with E-state index < -0.39 is 0 Å². The van der Waals surface area contributed by atoms with Crippen molar-refractivity contribution in [3.05, 3.63) is 0 Å². The molecule has 0 saturated heterocycles. The van der Waals surface area contributed by atoms with Gasteiger partial charge in [-0.05, 0) is 0 Å². The Morgan fingerprint density at radius 3 is 1.62 bits per heavy atom. The monoisotopic (exact) mass is 163 g/mol. The molecule has 2 nitrogen and oxygen atoms in total. The second kappa shape index (κ2) is 4.32. The predicted molar refractivity (Wildman–Crippen MR) is 30.0 cm³/mol. The van der Waals surface area contributed by atoms with Gasteiger partial charge in [0, 0.05) is 16.8 Å². The second-order valence-corrected chi connectivity index (χ2v) is 2.74. The van der Waals surface area contributed by atoms with E-state index in [9.17, 15) is 0 Å². The number of hydrogen-bond donors (Lipinski definition) is 1.